The van der Waals surface area contributed by atoms with E-state index in [0.717, 1.165) is 0 Å². The second-order valence-corrected chi connectivity index (χ2v) is 5.16. The normalized spacial score (nSPS) is 18.7. The van der Waals surface area contributed by atoms with Crippen LogP contribution in [0.15, 0.2) is 36.4 Å². The van der Waals surface area contributed by atoms with Crippen molar-refractivity contribution in [1.82, 2.24) is 0 Å². The summed E-state index contributed by atoms with van der Waals surface area (Å²) in [6.07, 6.45) is 0. The van der Waals surface area contributed by atoms with Crippen molar-refractivity contribution in [2.24, 2.45) is 0 Å². The molecule has 0 saturated carbocycles. The Balaban J connectivity index is 2.41. The van der Waals surface area contributed by atoms with Crippen LogP contribution in [0.5, 0.6) is 17.2 Å². The van der Waals surface area contributed by atoms with Crippen molar-refractivity contribution in [3.8, 4) is 28.4 Å². The first-order valence-corrected chi connectivity index (χ1v) is 6.80. The fourth-order valence-corrected chi connectivity index (χ4v) is 2.80. The van der Waals surface area contributed by atoms with Gasteiger partial charge in [-0.3, -0.25) is 0 Å². The molecule has 0 spiro atoms. The van der Waals surface area contributed by atoms with Crippen molar-refractivity contribution in [2.45, 2.75) is 12.5 Å². The van der Waals surface area contributed by atoms with E-state index in [1.54, 1.807) is 44.6 Å². The molecule has 22 heavy (non-hydrogen) atoms. The van der Waals surface area contributed by atoms with Crippen molar-refractivity contribution in [2.75, 3.05) is 14.2 Å². The minimum atomic E-state index is -1.48. The van der Waals surface area contributed by atoms with Crippen molar-refractivity contribution in [3.05, 3.63) is 42.0 Å². The molecule has 0 fully saturated rings. The number of ether oxygens (including phenoxy) is 3. The first kappa shape index (κ1) is 14.3. The summed E-state index contributed by atoms with van der Waals surface area (Å²) in [5, 5.41) is 9.66. The van der Waals surface area contributed by atoms with Crippen LogP contribution >= 0.6 is 0 Å². The maximum Gasteiger partial charge on any atom is 0.352 e. The van der Waals surface area contributed by atoms with Crippen LogP contribution in [0.2, 0.25) is 0 Å². The van der Waals surface area contributed by atoms with Crippen molar-refractivity contribution in [3.63, 3.8) is 0 Å². The lowest BCUT2D eigenvalue weighted by Gasteiger charge is -2.35. The molecule has 0 aliphatic carbocycles. The Labute approximate surface area is 128 Å². The topological polar surface area (TPSA) is 65.0 Å². The fourth-order valence-electron chi connectivity index (χ4n) is 2.80. The van der Waals surface area contributed by atoms with Gasteiger partial charge in [0.1, 0.15) is 17.2 Å². The first-order chi connectivity index (χ1) is 10.5. The van der Waals surface area contributed by atoms with Gasteiger partial charge in [-0.2, -0.15) is 0 Å². The van der Waals surface area contributed by atoms with Gasteiger partial charge in [-0.25, -0.2) is 4.79 Å². The molecular weight excluding hydrogens is 284 g/mol. The molecule has 2 aromatic rings. The number of hydrogen-bond acceptors (Lipinski definition) is 4. The summed E-state index contributed by atoms with van der Waals surface area (Å²) in [6, 6.07) is 10.6. The van der Waals surface area contributed by atoms with Gasteiger partial charge in [-0.15, -0.1) is 0 Å². The maximum atomic E-state index is 11.8. The number of carboxylic acid groups (broad SMARTS) is 1. The van der Waals surface area contributed by atoms with Crippen LogP contribution < -0.4 is 14.2 Å². The van der Waals surface area contributed by atoms with E-state index in [4.69, 9.17) is 14.2 Å². The summed E-state index contributed by atoms with van der Waals surface area (Å²) in [5.41, 5.74) is 0.449. The number of methoxy groups -OCH3 is 2. The lowest BCUT2D eigenvalue weighted by atomic mass is 9.84. The summed E-state index contributed by atoms with van der Waals surface area (Å²) in [4.78, 5) is 11.8. The van der Waals surface area contributed by atoms with Crippen molar-refractivity contribution in [1.29, 1.82) is 0 Å². The molecular formula is C17H16O5. The van der Waals surface area contributed by atoms with Crippen LogP contribution in [0, 0.1) is 0 Å². The molecule has 2 aromatic carbocycles. The van der Waals surface area contributed by atoms with E-state index in [1.165, 1.54) is 6.92 Å². The molecule has 3 rings (SSSR count). The lowest BCUT2D eigenvalue weighted by Crippen LogP contribution is -2.41. The van der Waals surface area contributed by atoms with E-state index in [-0.39, 0.29) is 0 Å². The van der Waals surface area contributed by atoms with E-state index in [9.17, 15) is 9.90 Å². The Hall–Kier alpha value is -2.69. The smallest absolute Gasteiger partial charge is 0.352 e. The summed E-state index contributed by atoms with van der Waals surface area (Å²) >= 11 is 0. The molecule has 1 aliphatic rings. The van der Waals surface area contributed by atoms with Gasteiger partial charge in [0, 0.05) is 11.1 Å². The predicted octanol–water partition coefficient (Wildman–Crippen LogP) is 3.06. The van der Waals surface area contributed by atoms with Gasteiger partial charge in [0.15, 0.2) is 0 Å². The first-order valence-electron chi connectivity index (χ1n) is 6.80. The van der Waals surface area contributed by atoms with Crippen molar-refractivity contribution >= 4 is 5.97 Å². The van der Waals surface area contributed by atoms with E-state index in [1.807, 2.05) is 6.07 Å². The van der Waals surface area contributed by atoms with Crippen LogP contribution in [-0.2, 0) is 10.4 Å². The highest BCUT2D eigenvalue weighted by Crippen LogP contribution is 2.52. The van der Waals surface area contributed by atoms with Gasteiger partial charge in [0.25, 0.3) is 0 Å². The highest BCUT2D eigenvalue weighted by Gasteiger charge is 2.45. The van der Waals surface area contributed by atoms with Crippen LogP contribution in [-0.4, -0.2) is 25.3 Å². The van der Waals surface area contributed by atoms with Crippen LogP contribution in [0.25, 0.3) is 11.1 Å². The van der Waals surface area contributed by atoms with Crippen molar-refractivity contribution < 1.29 is 24.1 Å². The largest absolute Gasteiger partial charge is 0.496 e. The Kier molecular flexibility index (Phi) is 3.20. The summed E-state index contributed by atoms with van der Waals surface area (Å²) in [5.74, 6) is 0.589. The van der Waals surface area contributed by atoms with Gasteiger partial charge in [-0.05, 0) is 25.1 Å². The molecule has 1 aliphatic heterocycles. The van der Waals surface area contributed by atoms with E-state index in [0.29, 0.717) is 33.9 Å². The molecule has 114 valence electrons. The van der Waals surface area contributed by atoms with Gasteiger partial charge in [0.2, 0.25) is 5.60 Å². The van der Waals surface area contributed by atoms with Crippen LogP contribution in [0.3, 0.4) is 0 Å². The monoisotopic (exact) mass is 300 g/mol. The SMILES string of the molecule is COc1cccc2c1-c1c(OC)cccc1C(C)(C(=O)O)O2. The zero-order valence-corrected chi connectivity index (χ0v) is 12.5. The molecule has 0 bridgehead atoms. The second-order valence-electron chi connectivity index (χ2n) is 5.16. The quantitative estimate of drug-likeness (QED) is 0.943. The lowest BCUT2D eigenvalue weighted by molar-refractivity contribution is -0.154. The Morgan fingerprint density at radius 3 is 2.23 bits per heavy atom. The fraction of sp³-hybridized carbons (Fsp3) is 0.235. The highest BCUT2D eigenvalue weighted by atomic mass is 16.5. The third kappa shape index (κ3) is 1.82. The third-order valence-electron chi connectivity index (χ3n) is 3.94. The van der Waals surface area contributed by atoms with E-state index < -0.39 is 11.6 Å². The minimum absolute atomic E-state index is 0.459. The van der Waals surface area contributed by atoms with Gasteiger partial charge in [-0.1, -0.05) is 18.2 Å². The molecule has 5 heteroatoms. The molecule has 0 saturated heterocycles. The zero-order chi connectivity index (χ0) is 15.9. The number of aliphatic carboxylic acids is 1. The van der Waals surface area contributed by atoms with Crippen LogP contribution in [0.4, 0.5) is 0 Å². The number of hydrogen-bond donors (Lipinski definition) is 1. The third-order valence-corrected chi connectivity index (χ3v) is 3.94. The second kappa shape index (κ2) is 4.94. The minimum Gasteiger partial charge on any atom is -0.496 e. The average Bonchev–Trinajstić information content (AvgIpc) is 2.53. The molecule has 1 heterocycles. The molecule has 0 amide bonds. The molecule has 0 radical (unpaired) electrons. The van der Waals surface area contributed by atoms with Gasteiger partial charge >= 0.3 is 5.97 Å². The molecule has 5 nitrogen and oxygen atoms in total. The highest BCUT2D eigenvalue weighted by molar-refractivity contribution is 5.92. The van der Waals surface area contributed by atoms with Gasteiger partial charge in [0.05, 0.1) is 19.8 Å². The molecule has 1 N–H and O–H groups in total. The van der Waals surface area contributed by atoms with E-state index in [2.05, 4.69) is 0 Å². The summed E-state index contributed by atoms with van der Waals surface area (Å²) in [6.45, 7) is 1.54. The Bertz CT molecular complexity index is 753. The Morgan fingerprint density at radius 2 is 1.64 bits per heavy atom. The number of benzene rings is 2. The molecule has 1 atom stereocenters. The number of fused-ring (bicyclic) bond motifs is 3. The molecule has 1 unspecified atom stereocenters. The average molecular weight is 300 g/mol. The Morgan fingerprint density at radius 1 is 1.05 bits per heavy atom. The predicted molar refractivity (Wildman–Crippen MR) is 80.6 cm³/mol. The summed E-state index contributed by atoms with van der Waals surface area (Å²) in [7, 11) is 3.12. The molecule has 0 aromatic heterocycles. The number of carbonyl (C=O) groups is 1. The van der Waals surface area contributed by atoms with Gasteiger partial charge < -0.3 is 19.3 Å². The maximum absolute atomic E-state index is 11.8. The summed E-state index contributed by atoms with van der Waals surface area (Å²) < 4.78 is 16.7. The zero-order valence-electron chi connectivity index (χ0n) is 12.5. The number of carboxylic acids is 1. The van der Waals surface area contributed by atoms with E-state index >= 15 is 0 Å². The number of rotatable bonds is 3. The standard InChI is InChI=1S/C17H16O5/c1-17(16(18)19)10-6-4-7-11(20-2)14(10)15-12(21-3)8-5-9-13(15)22-17/h4-9H,1-3H3,(H,18,19). The van der Waals surface area contributed by atoms with Crippen LogP contribution in [0.1, 0.15) is 12.5 Å².